The van der Waals surface area contributed by atoms with Crippen molar-refractivity contribution in [3.05, 3.63) is 29.6 Å². The Balaban J connectivity index is 2.44. The van der Waals surface area contributed by atoms with E-state index in [4.69, 9.17) is 4.65 Å². The molecule has 0 N–H and O–H groups in total. The van der Waals surface area contributed by atoms with E-state index in [1.165, 1.54) is 6.07 Å². The van der Waals surface area contributed by atoms with E-state index in [1.54, 1.807) is 12.1 Å². The minimum atomic E-state index is -0.363. The minimum absolute atomic E-state index is 0.0555. The van der Waals surface area contributed by atoms with Crippen molar-refractivity contribution in [3.8, 4) is 0 Å². The highest BCUT2D eigenvalue weighted by Gasteiger charge is 2.50. The first-order chi connectivity index (χ1) is 8.28. The van der Waals surface area contributed by atoms with Crippen LogP contribution in [0, 0.1) is 11.2 Å². The Kier molecular flexibility index (Phi) is 3.10. The lowest BCUT2D eigenvalue weighted by Gasteiger charge is -2.34. The lowest BCUT2D eigenvalue weighted by atomic mass is 9.53. The van der Waals surface area contributed by atoms with Crippen LogP contribution in [0.3, 0.4) is 0 Å². The molecule has 0 unspecified atom stereocenters. The zero-order valence-corrected chi connectivity index (χ0v) is 11.3. The molecular formula is C14H18BFO2. The molecule has 0 aromatic heterocycles. The summed E-state index contributed by atoms with van der Waals surface area (Å²) in [6.45, 7) is 7.88. The molecule has 0 spiro atoms. The van der Waals surface area contributed by atoms with Crippen molar-refractivity contribution in [1.82, 2.24) is 0 Å². The number of hydrogen-bond donors (Lipinski definition) is 0. The number of carbonyl (C=O) groups excluding carboxylic acids is 1. The van der Waals surface area contributed by atoms with Gasteiger partial charge in [0.05, 0.1) is 5.60 Å². The lowest BCUT2D eigenvalue weighted by Crippen LogP contribution is -2.38. The van der Waals surface area contributed by atoms with E-state index in [-0.39, 0.29) is 23.7 Å². The summed E-state index contributed by atoms with van der Waals surface area (Å²) in [4.78, 5) is 11.0. The Morgan fingerprint density at radius 2 is 2.00 bits per heavy atom. The fraction of sp³-hybridized carbons (Fsp3) is 0.500. The second-order valence-electron chi connectivity index (χ2n) is 6.07. The van der Waals surface area contributed by atoms with Crippen LogP contribution in [0.15, 0.2) is 18.2 Å². The molecular weight excluding hydrogens is 230 g/mol. The van der Waals surface area contributed by atoms with Crippen LogP contribution in [-0.4, -0.2) is 18.8 Å². The van der Waals surface area contributed by atoms with Gasteiger partial charge in [0, 0.05) is 5.56 Å². The van der Waals surface area contributed by atoms with E-state index >= 15 is 0 Å². The highest BCUT2D eigenvalue weighted by atomic mass is 19.1. The number of benzene rings is 1. The highest BCUT2D eigenvalue weighted by Crippen LogP contribution is 2.45. The largest absolute Gasteiger partial charge is 0.425 e. The maximum atomic E-state index is 14.0. The van der Waals surface area contributed by atoms with Crippen LogP contribution in [0.25, 0.3) is 0 Å². The number of aldehydes is 1. The van der Waals surface area contributed by atoms with Crippen LogP contribution in [0.4, 0.5) is 4.39 Å². The Hall–Kier alpha value is -1.16. The Morgan fingerprint density at radius 3 is 2.50 bits per heavy atom. The Morgan fingerprint density at radius 1 is 1.33 bits per heavy atom. The first-order valence-corrected chi connectivity index (χ1v) is 6.20. The number of rotatable bonds is 2. The van der Waals surface area contributed by atoms with Gasteiger partial charge in [0.15, 0.2) is 0 Å². The van der Waals surface area contributed by atoms with E-state index in [9.17, 15) is 9.18 Å². The second-order valence-corrected chi connectivity index (χ2v) is 6.07. The van der Waals surface area contributed by atoms with Gasteiger partial charge in [0.25, 0.3) is 0 Å². The first-order valence-electron chi connectivity index (χ1n) is 6.20. The molecule has 0 amide bonds. The third kappa shape index (κ3) is 1.99. The fourth-order valence-electron chi connectivity index (χ4n) is 2.42. The molecule has 0 bridgehead atoms. The number of halogens is 1. The van der Waals surface area contributed by atoms with Crippen molar-refractivity contribution >= 4 is 18.7 Å². The van der Waals surface area contributed by atoms with Crippen LogP contribution in [-0.2, 0) is 4.65 Å². The summed E-state index contributed by atoms with van der Waals surface area (Å²) in [6, 6.07) is 4.56. The Bertz CT molecular complexity index is 467. The molecule has 0 aliphatic carbocycles. The molecule has 1 aromatic rings. The van der Waals surface area contributed by atoms with Crippen LogP contribution >= 0.6 is 0 Å². The fourth-order valence-corrected chi connectivity index (χ4v) is 2.42. The quantitative estimate of drug-likeness (QED) is 0.594. The molecule has 1 aliphatic rings. The van der Waals surface area contributed by atoms with E-state index in [1.807, 2.05) is 13.8 Å². The van der Waals surface area contributed by atoms with Crippen molar-refractivity contribution in [2.24, 2.45) is 5.41 Å². The topological polar surface area (TPSA) is 26.3 Å². The molecule has 18 heavy (non-hydrogen) atoms. The van der Waals surface area contributed by atoms with Crippen molar-refractivity contribution in [3.63, 3.8) is 0 Å². The molecule has 1 aromatic carbocycles. The van der Waals surface area contributed by atoms with Crippen molar-refractivity contribution in [2.45, 2.75) is 39.6 Å². The summed E-state index contributed by atoms with van der Waals surface area (Å²) in [5.74, 6) is -0.363. The first kappa shape index (κ1) is 13.3. The van der Waals surface area contributed by atoms with Crippen LogP contribution in [0.5, 0.6) is 0 Å². The Labute approximate surface area is 108 Å². The average molecular weight is 248 g/mol. The summed E-state index contributed by atoms with van der Waals surface area (Å²) >= 11 is 0. The molecule has 1 fully saturated rings. The van der Waals surface area contributed by atoms with Gasteiger partial charge in [-0.1, -0.05) is 26.0 Å². The predicted octanol–water partition coefficient (Wildman–Crippen LogP) is 2.67. The number of hydrogen-bond acceptors (Lipinski definition) is 2. The smallest absolute Gasteiger partial charge is 0.331 e. The van der Waals surface area contributed by atoms with Gasteiger partial charge in [-0.25, -0.2) is 4.39 Å². The van der Waals surface area contributed by atoms with Gasteiger partial charge < -0.3 is 4.65 Å². The zero-order valence-electron chi connectivity index (χ0n) is 11.3. The lowest BCUT2D eigenvalue weighted by molar-refractivity contribution is 0.0374. The van der Waals surface area contributed by atoms with Gasteiger partial charge in [0.1, 0.15) is 12.1 Å². The highest BCUT2D eigenvalue weighted by molar-refractivity contribution is 6.69. The predicted molar refractivity (Wildman–Crippen MR) is 70.9 cm³/mol. The van der Waals surface area contributed by atoms with Gasteiger partial charge >= 0.3 is 6.92 Å². The summed E-state index contributed by atoms with van der Waals surface area (Å²) in [6.07, 6.45) is 1.40. The molecule has 4 heteroatoms. The van der Waals surface area contributed by atoms with E-state index in [0.717, 1.165) is 0 Å². The third-order valence-electron chi connectivity index (χ3n) is 4.30. The summed E-state index contributed by atoms with van der Waals surface area (Å²) in [5.41, 5.74) is 0.389. The maximum absolute atomic E-state index is 14.0. The summed E-state index contributed by atoms with van der Waals surface area (Å²) in [7, 11) is 0. The normalized spacial score (nSPS) is 21.1. The van der Waals surface area contributed by atoms with Gasteiger partial charge in [-0.05, 0) is 37.1 Å². The van der Waals surface area contributed by atoms with E-state index in [0.29, 0.717) is 23.6 Å². The molecule has 2 nitrogen and oxygen atoms in total. The van der Waals surface area contributed by atoms with Crippen LogP contribution in [0.2, 0.25) is 6.32 Å². The van der Waals surface area contributed by atoms with Crippen molar-refractivity contribution < 1.29 is 13.8 Å². The number of carbonyl (C=O) groups is 1. The summed E-state index contributed by atoms with van der Waals surface area (Å²) in [5, 5.41) is 0. The standard InChI is InChI=1S/C14H18BFO2/c1-13(2)9-15(18-14(13,3)4)12-10(8-17)6-5-7-11(12)16/h5-8H,9H2,1-4H3. The van der Waals surface area contributed by atoms with Gasteiger partial charge in [-0.3, -0.25) is 4.79 Å². The van der Waals surface area contributed by atoms with Gasteiger partial charge in [-0.15, -0.1) is 0 Å². The minimum Gasteiger partial charge on any atom is -0.425 e. The molecule has 0 atom stereocenters. The van der Waals surface area contributed by atoms with Gasteiger partial charge in [0.2, 0.25) is 0 Å². The van der Waals surface area contributed by atoms with Crippen molar-refractivity contribution in [1.29, 1.82) is 0 Å². The monoisotopic (exact) mass is 248 g/mol. The third-order valence-corrected chi connectivity index (χ3v) is 4.30. The van der Waals surface area contributed by atoms with E-state index in [2.05, 4.69) is 13.8 Å². The molecule has 2 rings (SSSR count). The molecule has 0 radical (unpaired) electrons. The average Bonchev–Trinajstić information content (AvgIpc) is 2.47. The maximum Gasteiger partial charge on any atom is 0.331 e. The summed E-state index contributed by atoms with van der Waals surface area (Å²) < 4.78 is 19.9. The molecule has 1 aliphatic heterocycles. The van der Waals surface area contributed by atoms with Crippen LogP contribution in [0.1, 0.15) is 38.1 Å². The molecule has 0 saturated carbocycles. The van der Waals surface area contributed by atoms with Gasteiger partial charge in [-0.2, -0.15) is 0 Å². The van der Waals surface area contributed by atoms with Crippen molar-refractivity contribution in [2.75, 3.05) is 0 Å². The molecule has 1 heterocycles. The second kappa shape index (κ2) is 4.20. The SMILES string of the molecule is CC1(C)CB(c2c(F)cccc2C=O)OC1(C)C. The molecule has 1 saturated heterocycles. The van der Waals surface area contributed by atoms with Crippen LogP contribution < -0.4 is 5.46 Å². The van der Waals surface area contributed by atoms with E-state index < -0.39 is 0 Å². The zero-order chi connectivity index (χ0) is 13.6. The molecule has 96 valence electrons.